The Kier molecular flexibility index (Phi) is 2.31. The molecule has 0 amide bonds. The van der Waals surface area contributed by atoms with E-state index in [1.165, 1.54) is 6.42 Å². The minimum atomic E-state index is -0.109. The molecule has 0 bridgehead atoms. The lowest BCUT2D eigenvalue weighted by Gasteiger charge is -2.41. The molecule has 1 aliphatic carbocycles. The van der Waals surface area contributed by atoms with Gasteiger partial charge in [0.05, 0.1) is 0 Å². The SMILES string of the molecule is Cc1ccc(C2(CN)CCC2)cc1F. The highest BCUT2D eigenvalue weighted by Gasteiger charge is 2.37. The van der Waals surface area contributed by atoms with E-state index >= 15 is 0 Å². The number of halogens is 1. The van der Waals surface area contributed by atoms with Crippen molar-refractivity contribution in [3.63, 3.8) is 0 Å². The number of aryl methyl sites for hydroxylation is 1. The van der Waals surface area contributed by atoms with Crippen molar-refractivity contribution in [3.05, 3.63) is 35.1 Å². The fourth-order valence-electron chi connectivity index (χ4n) is 2.14. The molecule has 1 nitrogen and oxygen atoms in total. The van der Waals surface area contributed by atoms with Gasteiger partial charge in [-0.15, -0.1) is 0 Å². The van der Waals surface area contributed by atoms with Crippen LogP contribution in [0.1, 0.15) is 30.4 Å². The Labute approximate surface area is 84.1 Å². The molecule has 0 spiro atoms. The van der Waals surface area contributed by atoms with E-state index in [4.69, 9.17) is 5.73 Å². The molecule has 1 saturated carbocycles. The molecule has 0 atom stereocenters. The van der Waals surface area contributed by atoms with E-state index in [9.17, 15) is 4.39 Å². The van der Waals surface area contributed by atoms with E-state index in [0.29, 0.717) is 12.1 Å². The molecule has 0 heterocycles. The Hall–Kier alpha value is -0.890. The van der Waals surface area contributed by atoms with Gasteiger partial charge in [-0.05, 0) is 37.0 Å². The van der Waals surface area contributed by atoms with Crippen LogP contribution < -0.4 is 5.73 Å². The molecular formula is C12H16FN. The lowest BCUT2D eigenvalue weighted by atomic mass is 9.64. The number of hydrogen-bond donors (Lipinski definition) is 1. The Balaban J connectivity index is 2.36. The van der Waals surface area contributed by atoms with Crippen molar-refractivity contribution in [1.82, 2.24) is 0 Å². The van der Waals surface area contributed by atoms with Crippen LogP contribution in [-0.4, -0.2) is 6.54 Å². The first kappa shape index (κ1) is 9.66. The van der Waals surface area contributed by atoms with Gasteiger partial charge >= 0.3 is 0 Å². The van der Waals surface area contributed by atoms with Crippen LogP contribution >= 0.6 is 0 Å². The Morgan fingerprint density at radius 2 is 2.14 bits per heavy atom. The summed E-state index contributed by atoms with van der Waals surface area (Å²) in [5.41, 5.74) is 7.63. The third kappa shape index (κ3) is 1.34. The summed E-state index contributed by atoms with van der Waals surface area (Å²) in [6.07, 6.45) is 3.42. The summed E-state index contributed by atoms with van der Waals surface area (Å²) >= 11 is 0. The third-order valence-corrected chi connectivity index (χ3v) is 3.49. The number of nitrogens with two attached hydrogens (primary N) is 1. The monoisotopic (exact) mass is 193 g/mol. The Morgan fingerprint density at radius 3 is 2.57 bits per heavy atom. The molecule has 0 radical (unpaired) electrons. The van der Waals surface area contributed by atoms with Crippen molar-refractivity contribution >= 4 is 0 Å². The summed E-state index contributed by atoms with van der Waals surface area (Å²) in [6, 6.07) is 5.52. The predicted molar refractivity (Wildman–Crippen MR) is 55.7 cm³/mol. The van der Waals surface area contributed by atoms with Gasteiger partial charge in [0.25, 0.3) is 0 Å². The van der Waals surface area contributed by atoms with Gasteiger partial charge in [-0.3, -0.25) is 0 Å². The van der Waals surface area contributed by atoms with E-state index in [1.54, 1.807) is 13.0 Å². The third-order valence-electron chi connectivity index (χ3n) is 3.49. The number of hydrogen-bond acceptors (Lipinski definition) is 1. The fourth-order valence-corrected chi connectivity index (χ4v) is 2.14. The van der Waals surface area contributed by atoms with Gasteiger partial charge in [0, 0.05) is 12.0 Å². The summed E-state index contributed by atoms with van der Waals surface area (Å²) in [5, 5.41) is 0. The van der Waals surface area contributed by atoms with Crippen LogP contribution in [0.2, 0.25) is 0 Å². The Bertz CT molecular complexity index is 337. The maximum atomic E-state index is 13.4. The van der Waals surface area contributed by atoms with E-state index in [2.05, 4.69) is 0 Å². The van der Waals surface area contributed by atoms with Crippen LogP contribution in [0.15, 0.2) is 18.2 Å². The average molecular weight is 193 g/mol. The van der Waals surface area contributed by atoms with Gasteiger partial charge in [-0.1, -0.05) is 18.6 Å². The average Bonchev–Trinajstić information content (AvgIpc) is 2.10. The van der Waals surface area contributed by atoms with Gasteiger partial charge in [0.15, 0.2) is 0 Å². The van der Waals surface area contributed by atoms with E-state index in [0.717, 1.165) is 18.4 Å². The minimum absolute atomic E-state index is 0.0779. The first-order chi connectivity index (χ1) is 6.68. The second-order valence-corrected chi connectivity index (χ2v) is 4.30. The lowest BCUT2D eigenvalue weighted by molar-refractivity contribution is 0.252. The lowest BCUT2D eigenvalue weighted by Crippen LogP contribution is -2.41. The normalized spacial score (nSPS) is 19.1. The van der Waals surface area contributed by atoms with Gasteiger partial charge in [0.1, 0.15) is 5.82 Å². The van der Waals surface area contributed by atoms with Crippen LogP contribution in [0.5, 0.6) is 0 Å². The maximum Gasteiger partial charge on any atom is 0.126 e. The van der Waals surface area contributed by atoms with E-state index < -0.39 is 0 Å². The van der Waals surface area contributed by atoms with Gasteiger partial charge in [-0.25, -0.2) is 4.39 Å². The second kappa shape index (κ2) is 3.35. The topological polar surface area (TPSA) is 26.0 Å². The van der Waals surface area contributed by atoms with Crippen molar-refractivity contribution in [2.45, 2.75) is 31.6 Å². The van der Waals surface area contributed by atoms with Crippen LogP contribution in [0, 0.1) is 12.7 Å². The molecule has 0 saturated heterocycles. The highest BCUT2D eigenvalue weighted by molar-refractivity contribution is 5.32. The van der Waals surface area contributed by atoms with Crippen molar-refractivity contribution in [3.8, 4) is 0 Å². The van der Waals surface area contributed by atoms with Crippen molar-refractivity contribution < 1.29 is 4.39 Å². The van der Waals surface area contributed by atoms with Crippen LogP contribution in [0.3, 0.4) is 0 Å². The molecule has 2 rings (SSSR count). The zero-order valence-electron chi connectivity index (χ0n) is 8.52. The molecule has 1 aromatic carbocycles. The molecule has 0 aliphatic heterocycles. The molecule has 76 valence electrons. The minimum Gasteiger partial charge on any atom is -0.330 e. The van der Waals surface area contributed by atoms with Crippen molar-refractivity contribution in [2.24, 2.45) is 5.73 Å². The van der Waals surface area contributed by atoms with Crippen LogP contribution in [0.4, 0.5) is 4.39 Å². The summed E-state index contributed by atoms with van der Waals surface area (Å²) in [4.78, 5) is 0. The summed E-state index contributed by atoms with van der Waals surface area (Å²) < 4.78 is 13.4. The molecular weight excluding hydrogens is 177 g/mol. The molecule has 0 aromatic heterocycles. The van der Waals surface area contributed by atoms with Crippen molar-refractivity contribution in [1.29, 1.82) is 0 Å². The fraction of sp³-hybridized carbons (Fsp3) is 0.500. The summed E-state index contributed by atoms with van der Waals surface area (Å²) in [7, 11) is 0. The summed E-state index contributed by atoms with van der Waals surface area (Å²) in [6.45, 7) is 2.42. The van der Waals surface area contributed by atoms with Crippen LogP contribution in [-0.2, 0) is 5.41 Å². The van der Waals surface area contributed by atoms with E-state index in [1.807, 2.05) is 12.1 Å². The zero-order valence-corrected chi connectivity index (χ0v) is 8.52. The molecule has 0 unspecified atom stereocenters. The molecule has 1 fully saturated rings. The van der Waals surface area contributed by atoms with Gasteiger partial charge in [-0.2, -0.15) is 0 Å². The largest absolute Gasteiger partial charge is 0.330 e. The standard InChI is InChI=1S/C12H16FN/c1-9-3-4-10(7-11(9)13)12(8-14)5-2-6-12/h3-4,7H,2,5-6,8,14H2,1H3. The zero-order chi connectivity index (χ0) is 10.2. The summed E-state index contributed by atoms with van der Waals surface area (Å²) in [5.74, 6) is -0.109. The number of benzene rings is 1. The molecule has 14 heavy (non-hydrogen) atoms. The van der Waals surface area contributed by atoms with Gasteiger partial charge < -0.3 is 5.73 Å². The predicted octanol–water partition coefficient (Wildman–Crippen LogP) is 2.51. The van der Waals surface area contributed by atoms with E-state index in [-0.39, 0.29) is 11.2 Å². The van der Waals surface area contributed by atoms with Crippen LogP contribution in [0.25, 0.3) is 0 Å². The first-order valence-electron chi connectivity index (χ1n) is 5.15. The number of rotatable bonds is 2. The maximum absolute atomic E-state index is 13.4. The van der Waals surface area contributed by atoms with Crippen molar-refractivity contribution in [2.75, 3.05) is 6.54 Å². The highest BCUT2D eigenvalue weighted by atomic mass is 19.1. The molecule has 1 aliphatic rings. The quantitative estimate of drug-likeness (QED) is 0.767. The molecule has 1 aromatic rings. The molecule has 2 N–H and O–H groups in total. The highest BCUT2D eigenvalue weighted by Crippen LogP contribution is 2.42. The first-order valence-corrected chi connectivity index (χ1v) is 5.15. The van der Waals surface area contributed by atoms with Gasteiger partial charge in [0.2, 0.25) is 0 Å². The Morgan fingerprint density at radius 1 is 1.43 bits per heavy atom. The smallest absolute Gasteiger partial charge is 0.126 e. The molecule has 2 heteroatoms. The second-order valence-electron chi connectivity index (χ2n) is 4.30.